The first kappa shape index (κ1) is 17.9. The maximum Gasteiger partial charge on any atom is 0.401 e. The number of carbonyl (C=O) groups is 1. The van der Waals surface area contributed by atoms with E-state index in [1.165, 1.54) is 0 Å². The lowest BCUT2D eigenvalue weighted by molar-refractivity contribution is 0.0350. The molecule has 1 aliphatic heterocycles. The number of hydrogen-bond donors (Lipinski definition) is 2. The predicted molar refractivity (Wildman–Crippen MR) is 96.9 cm³/mol. The Morgan fingerprint density at radius 3 is 2.56 bits per heavy atom. The van der Waals surface area contributed by atoms with E-state index < -0.39 is 17.1 Å². The number of hydrogen-bond acceptors (Lipinski definition) is 4. The summed E-state index contributed by atoms with van der Waals surface area (Å²) in [7, 11) is 0. The lowest BCUT2D eigenvalue weighted by Gasteiger charge is -2.25. The van der Waals surface area contributed by atoms with Crippen molar-refractivity contribution in [2.75, 3.05) is 13.1 Å². The second-order valence-electron chi connectivity index (χ2n) is 5.29. The van der Waals surface area contributed by atoms with Crippen LogP contribution in [0.5, 0.6) is 11.5 Å². The van der Waals surface area contributed by atoms with Crippen LogP contribution in [0.4, 0.5) is 4.79 Å². The smallest absolute Gasteiger partial charge is 0.401 e. The van der Waals surface area contributed by atoms with Gasteiger partial charge < -0.3 is 4.74 Å². The van der Waals surface area contributed by atoms with Gasteiger partial charge in [-0.25, -0.2) is 15.0 Å². The van der Waals surface area contributed by atoms with E-state index in [0.717, 1.165) is 9.36 Å². The Bertz CT molecular complexity index is 785. The molecule has 0 saturated carbocycles. The zero-order valence-corrected chi connectivity index (χ0v) is 15.5. The highest BCUT2D eigenvalue weighted by atomic mass is 35.5. The molecule has 2 aromatic carbocycles. The summed E-state index contributed by atoms with van der Waals surface area (Å²) in [4.78, 5) is 13.9. The summed E-state index contributed by atoms with van der Waals surface area (Å²) in [5.74, 6) is 1.18. The van der Waals surface area contributed by atoms with Crippen LogP contribution in [0.3, 0.4) is 0 Å². The van der Waals surface area contributed by atoms with Crippen molar-refractivity contribution in [3.63, 3.8) is 0 Å². The molecule has 1 unspecified atom stereocenters. The minimum Gasteiger partial charge on any atom is -0.447 e. The Kier molecular flexibility index (Phi) is 5.39. The number of amides is 2. The molecule has 132 valence electrons. The molecule has 1 atom stereocenters. The largest absolute Gasteiger partial charge is 0.447 e. The number of ether oxygens (including phenoxy) is 1. The first-order valence-electron chi connectivity index (χ1n) is 7.90. The van der Waals surface area contributed by atoms with Crippen molar-refractivity contribution in [3.8, 4) is 11.5 Å². The molecule has 0 aromatic heterocycles. The number of fused-ring (bicyclic) bond motifs is 2. The molecule has 0 aliphatic carbocycles. The van der Waals surface area contributed by atoms with E-state index in [1.807, 2.05) is 38.1 Å². The molecule has 0 saturated heterocycles. The van der Waals surface area contributed by atoms with Gasteiger partial charge in [0.2, 0.25) is 20.9 Å². The molecule has 0 radical (unpaired) electrons. The molecule has 25 heavy (non-hydrogen) atoms. The molecule has 0 spiro atoms. The number of rotatable bonds is 4. The topological polar surface area (TPSA) is 65.0 Å². The highest BCUT2D eigenvalue weighted by molar-refractivity contribution is 7.95. The number of urea groups is 1. The van der Waals surface area contributed by atoms with Gasteiger partial charge in [0.05, 0.1) is 0 Å². The van der Waals surface area contributed by atoms with Crippen molar-refractivity contribution < 1.29 is 14.7 Å². The highest BCUT2D eigenvalue weighted by Crippen LogP contribution is 2.45. The zero-order valence-electron chi connectivity index (χ0n) is 13.9. The van der Waals surface area contributed by atoms with E-state index >= 15 is 0 Å². The normalized spacial score (nSPS) is 15.2. The van der Waals surface area contributed by atoms with Gasteiger partial charge in [0.15, 0.2) is 11.5 Å². The van der Waals surface area contributed by atoms with E-state index in [1.54, 1.807) is 23.2 Å². The maximum atomic E-state index is 12.5. The standard InChI is InChI=1S/C17H18ClN3O3S/c1-3-20(4-2)19-17(22)21(23)25-15-8-6-5-7-13(15)24-14-10-9-12(18)11-16(14)25/h5-11,23H,3-4H2,1-2H3/p+1. The van der Waals surface area contributed by atoms with Gasteiger partial charge in [-0.05, 0) is 18.2 Å². The van der Waals surface area contributed by atoms with Gasteiger partial charge in [0.1, 0.15) is 0 Å². The summed E-state index contributed by atoms with van der Waals surface area (Å²) in [5.41, 5.74) is 2.69. The van der Waals surface area contributed by atoms with Gasteiger partial charge in [-0.1, -0.05) is 37.6 Å². The van der Waals surface area contributed by atoms with Crippen LogP contribution in [0.25, 0.3) is 0 Å². The fourth-order valence-electron chi connectivity index (χ4n) is 2.48. The van der Waals surface area contributed by atoms with Crippen LogP contribution < -0.4 is 10.2 Å². The number of hydrazine groups is 1. The van der Waals surface area contributed by atoms with Gasteiger partial charge in [-0.2, -0.15) is 0 Å². The monoisotopic (exact) mass is 380 g/mol. The Balaban J connectivity index is 1.99. The first-order valence-corrected chi connectivity index (χ1v) is 9.46. The van der Waals surface area contributed by atoms with E-state index in [2.05, 4.69) is 5.43 Å². The number of benzene rings is 2. The molecule has 0 fully saturated rings. The summed E-state index contributed by atoms with van der Waals surface area (Å²) in [6.45, 7) is 5.11. The second-order valence-corrected chi connectivity index (χ2v) is 7.52. The van der Waals surface area contributed by atoms with Crippen LogP contribution in [0.2, 0.25) is 5.02 Å². The summed E-state index contributed by atoms with van der Waals surface area (Å²) < 4.78 is 6.60. The van der Waals surface area contributed by atoms with Crippen molar-refractivity contribution in [3.05, 3.63) is 47.5 Å². The highest BCUT2D eigenvalue weighted by Gasteiger charge is 2.46. The number of halogens is 1. The molecule has 6 nitrogen and oxygen atoms in total. The van der Waals surface area contributed by atoms with E-state index in [0.29, 0.717) is 34.5 Å². The summed E-state index contributed by atoms with van der Waals surface area (Å²) in [5, 5.41) is 12.9. The summed E-state index contributed by atoms with van der Waals surface area (Å²) >= 11 is 5.06. The minimum atomic E-state index is -1.06. The van der Waals surface area contributed by atoms with E-state index in [9.17, 15) is 10.0 Å². The molecule has 8 heteroatoms. The average molecular weight is 381 g/mol. The van der Waals surface area contributed by atoms with Gasteiger partial charge in [-0.3, -0.25) is 5.43 Å². The molecule has 1 aliphatic rings. The lowest BCUT2D eigenvalue weighted by atomic mass is 10.3. The Morgan fingerprint density at radius 1 is 1.16 bits per heavy atom. The number of hydroxylamine groups is 1. The van der Waals surface area contributed by atoms with Crippen molar-refractivity contribution in [2.24, 2.45) is 0 Å². The number of carbonyl (C=O) groups excluding carboxylic acids is 1. The molecule has 3 rings (SSSR count). The molecule has 2 aromatic rings. The minimum absolute atomic E-state index is 0.511. The van der Waals surface area contributed by atoms with E-state index in [4.69, 9.17) is 16.3 Å². The molecule has 2 N–H and O–H groups in total. The van der Waals surface area contributed by atoms with Gasteiger partial charge in [0, 0.05) is 34.7 Å². The SMILES string of the molecule is CCN(CC)NC(=O)N(O)[S+]1c2ccccc2Oc2ccc(Cl)cc21. The lowest BCUT2D eigenvalue weighted by Crippen LogP contribution is -2.50. The molecular formula is C17H19ClN3O3S+. The first-order chi connectivity index (χ1) is 12.0. The van der Waals surface area contributed by atoms with Crippen LogP contribution in [-0.4, -0.2) is 33.8 Å². The third-order valence-corrected chi connectivity index (χ3v) is 5.99. The third-order valence-electron chi connectivity index (χ3n) is 3.76. The second kappa shape index (κ2) is 7.53. The quantitative estimate of drug-likeness (QED) is 0.477. The van der Waals surface area contributed by atoms with Crippen LogP contribution in [0.15, 0.2) is 52.3 Å². The molecule has 2 amide bonds. The Morgan fingerprint density at radius 2 is 1.84 bits per heavy atom. The number of para-hydroxylation sites is 1. The van der Waals surface area contributed by atoms with Gasteiger partial charge >= 0.3 is 6.03 Å². The van der Waals surface area contributed by atoms with Gasteiger partial charge in [0.25, 0.3) is 0 Å². The summed E-state index contributed by atoms with van der Waals surface area (Å²) in [6, 6.07) is 11.9. The third kappa shape index (κ3) is 3.55. The van der Waals surface area contributed by atoms with Gasteiger partial charge in [-0.15, -0.1) is 0 Å². The maximum absolute atomic E-state index is 12.5. The predicted octanol–water partition coefficient (Wildman–Crippen LogP) is 4.05. The van der Waals surface area contributed by atoms with Crippen molar-refractivity contribution in [1.82, 2.24) is 14.9 Å². The summed E-state index contributed by atoms with van der Waals surface area (Å²) in [6.07, 6.45) is 0. The van der Waals surface area contributed by atoms with Crippen LogP contribution in [0, 0.1) is 0 Å². The van der Waals surface area contributed by atoms with Crippen molar-refractivity contribution in [2.45, 2.75) is 23.6 Å². The Hall–Kier alpha value is -1.93. The Labute approximate surface area is 154 Å². The van der Waals surface area contributed by atoms with Crippen LogP contribution >= 0.6 is 11.6 Å². The molecular weight excluding hydrogens is 362 g/mol. The van der Waals surface area contributed by atoms with E-state index in [-0.39, 0.29) is 0 Å². The number of nitrogens with zero attached hydrogens (tertiary/aromatic N) is 2. The number of nitrogens with one attached hydrogen (secondary N) is 1. The van der Waals surface area contributed by atoms with Crippen LogP contribution in [-0.2, 0) is 11.1 Å². The molecule has 1 heterocycles. The zero-order chi connectivity index (χ0) is 18.0. The fourth-order valence-corrected chi connectivity index (χ4v) is 4.58. The van der Waals surface area contributed by atoms with Crippen LogP contribution in [0.1, 0.15) is 13.8 Å². The molecule has 0 bridgehead atoms. The fraction of sp³-hybridized carbons (Fsp3) is 0.235. The van der Waals surface area contributed by atoms with Crippen molar-refractivity contribution >= 4 is 28.7 Å². The van der Waals surface area contributed by atoms with Crippen molar-refractivity contribution in [1.29, 1.82) is 0 Å². The average Bonchev–Trinajstić information content (AvgIpc) is 2.63.